The number of para-hydroxylation sites is 2. The van der Waals surface area contributed by atoms with Crippen molar-refractivity contribution in [3.8, 4) is 0 Å². The summed E-state index contributed by atoms with van der Waals surface area (Å²) in [7, 11) is 0. The van der Waals surface area contributed by atoms with E-state index in [0.29, 0.717) is 22.8 Å². The number of halogens is 2. The molecule has 10 heteroatoms. The summed E-state index contributed by atoms with van der Waals surface area (Å²) >= 11 is 9.84. The number of benzene rings is 2. The van der Waals surface area contributed by atoms with Crippen LogP contribution in [0.25, 0.3) is 0 Å². The first kappa shape index (κ1) is 23.3. The highest BCUT2D eigenvalue weighted by Gasteiger charge is 2.76. The number of aliphatic hydroxyl groups is 1. The fraction of sp³-hybridized carbons (Fsp3) is 0.375. The summed E-state index contributed by atoms with van der Waals surface area (Å²) in [4.78, 5) is 41.6. The van der Waals surface area contributed by atoms with Gasteiger partial charge in [0.25, 0.3) is 0 Å². The third kappa shape index (κ3) is 3.62. The molecule has 1 spiro atoms. The molecule has 0 radical (unpaired) electrons. The lowest BCUT2D eigenvalue weighted by Crippen LogP contribution is -2.54. The smallest absolute Gasteiger partial charge is 0.250 e. The summed E-state index contributed by atoms with van der Waals surface area (Å²) in [5.41, 5.74) is -0.178. The van der Waals surface area contributed by atoms with Crippen molar-refractivity contribution in [3.63, 3.8) is 0 Å². The van der Waals surface area contributed by atoms with E-state index in [0.717, 1.165) is 0 Å². The van der Waals surface area contributed by atoms with E-state index in [1.54, 1.807) is 48.5 Å². The van der Waals surface area contributed by atoms with E-state index >= 15 is 0 Å². The second-order valence-electron chi connectivity index (χ2n) is 8.74. The number of aliphatic hydroxyl groups excluding tert-OH is 1. The van der Waals surface area contributed by atoms with Gasteiger partial charge in [0.15, 0.2) is 0 Å². The summed E-state index contributed by atoms with van der Waals surface area (Å²) in [5, 5.41) is 15.7. The van der Waals surface area contributed by atoms with E-state index < -0.39 is 35.5 Å². The Labute approximate surface area is 209 Å². The minimum Gasteiger partial charge on any atom is -0.395 e. The first-order valence-electron chi connectivity index (χ1n) is 11.0. The quantitative estimate of drug-likeness (QED) is 0.481. The Hall–Kier alpha value is -2.46. The van der Waals surface area contributed by atoms with E-state index in [2.05, 4.69) is 26.6 Å². The van der Waals surface area contributed by atoms with Gasteiger partial charge in [0.05, 0.1) is 35.3 Å². The Bertz CT molecular complexity index is 1130. The zero-order chi connectivity index (χ0) is 24.0. The largest absolute Gasteiger partial charge is 0.395 e. The molecule has 178 valence electrons. The maximum Gasteiger partial charge on any atom is 0.250 e. The number of rotatable bonds is 6. The molecule has 2 aromatic carbocycles. The molecule has 3 aliphatic heterocycles. The van der Waals surface area contributed by atoms with Crippen molar-refractivity contribution in [2.75, 3.05) is 23.8 Å². The van der Waals surface area contributed by atoms with Crippen LogP contribution in [0.1, 0.15) is 6.42 Å². The number of carbonyl (C=O) groups is 3. The van der Waals surface area contributed by atoms with Crippen LogP contribution in [0.5, 0.6) is 0 Å². The lowest BCUT2D eigenvalue weighted by molar-refractivity contribution is -0.140. The van der Waals surface area contributed by atoms with E-state index in [1.807, 2.05) is 6.07 Å². The van der Waals surface area contributed by atoms with Crippen molar-refractivity contribution >= 4 is 56.6 Å². The monoisotopic (exact) mass is 547 g/mol. The standard InChI is InChI=1S/C24H23BrClN3O5/c25-14-12-24-18(17(19(14)34-24)21(31)27-13-6-2-1-3-7-13)23(33)29(10-11-30)20(24)22(32)28-16-9-5-4-8-15(16)26/h1-9,14,17-20,30H,10-12H2,(H,27,31)(H,28,32)/t14?,17-,18-,19-,20?,24?/m0/s1. The second-order valence-corrected chi connectivity index (χ2v) is 10.3. The Balaban J connectivity index is 1.49. The first-order valence-corrected chi connectivity index (χ1v) is 12.3. The van der Waals surface area contributed by atoms with Crippen LogP contribution in [-0.4, -0.2) is 63.5 Å². The summed E-state index contributed by atoms with van der Waals surface area (Å²) in [6, 6.07) is 14.8. The molecule has 3 unspecified atom stereocenters. The molecule has 34 heavy (non-hydrogen) atoms. The Morgan fingerprint density at radius 3 is 2.53 bits per heavy atom. The number of ether oxygens (including phenoxy) is 1. The first-order chi connectivity index (χ1) is 16.4. The van der Waals surface area contributed by atoms with Crippen LogP contribution in [0.2, 0.25) is 5.02 Å². The zero-order valence-corrected chi connectivity index (χ0v) is 20.3. The third-order valence-corrected chi connectivity index (χ3v) is 8.03. The number of carbonyl (C=O) groups excluding carboxylic acids is 3. The van der Waals surface area contributed by atoms with Gasteiger partial charge in [-0.25, -0.2) is 0 Å². The van der Waals surface area contributed by atoms with Crippen molar-refractivity contribution in [3.05, 3.63) is 59.6 Å². The average Bonchev–Trinajstić information content (AvgIpc) is 3.40. The van der Waals surface area contributed by atoms with Gasteiger partial charge < -0.3 is 25.4 Å². The number of nitrogens with zero attached hydrogens (tertiary/aromatic N) is 1. The van der Waals surface area contributed by atoms with Crippen LogP contribution < -0.4 is 10.6 Å². The molecular formula is C24H23BrClN3O5. The van der Waals surface area contributed by atoms with Crippen LogP contribution >= 0.6 is 27.5 Å². The van der Waals surface area contributed by atoms with Gasteiger partial charge in [-0.1, -0.05) is 57.9 Å². The highest BCUT2D eigenvalue weighted by atomic mass is 79.9. The molecule has 0 saturated carbocycles. The molecule has 2 bridgehead atoms. The third-order valence-electron chi connectivity index (χ3n) is 6.85. The predicted molar refractivity (Wildman–Crippen MR) is 130 cm³/mol. The van der Waals surface area contributed by atoms with Crippen molar-refractivity contribution in [2.24, 2.45) is 11.8 Å². The van der Waals surface area contributed by atoms with E-state index in [4.69, 9.17) is 16.3 Å². The van der Waals surface area contributed by atoms with E-state index in [1.165, 1.54) is 4.90 Å². The van der Waals surface area contributed by atoms with Gasteiger partial charge in [0, 0.05) is 17.1 Å². The number of hydrogen-bond donors (Lipinski definition) is 3. The fourth-order valence-electron chi connectivity index (χ4n) is 5.59. The van der Waals surface area contributed by atoms with Gasteiger partial charge in [-0.05, 0) is 30.7 Å². The topological polar surface area (TPSA) is 108 Å². The van der Waals surface area contributed by atoms with Crippen molar-refractivity contribution < 1.29 is 24.2 Å². The molecule has 0 aromatic heterocycles. The van der Waals surface area contributed by atoms with Gasteiger partial charge in [-0.2, -0.15) is 0 Å². The SMILES string of the molecule is O=C(Nc1ccccc1Cl)C1N(CCO)C(=O)[C@@H]2[C@H](C(=O)Nc3ccccc3)[C@H]3OC12CC3Br. The van der Waals surface area contributed by atoms with Crippen molar-refractivity contribution in [1.29, 1.82) is 0 Å². The molecule has 3 fully saturated rings. The van der Waals surface area contributed by atoms with E-state index in [9.17, 15) is 19.5 Å². The van der Waals surface area contributed by atoms with Crippen LogP contribution in [-0.2, 0) is 19.1 Å². The lowest BCUT2D eigenvalue weighted by atomic mass is 9.70. The molecule has 3 aliphatic rings. The molecule has 2 aromatic rings. The molecule has 3 saturated heterocycles. The normalized spacial score (nSPS) is 31.4. The minimum absolute atomic E-state index is 0.0499. The zero-order valence-electron chi connectivity index (χ0n) is 18.0. The van der Waals surface area contributed by atoms with Gasteiger partial charge in [-0.3, -0.25) is 14.4 Å². The number of hydrogen-bond acceptors (Lipinski definition) is 5. The maximum absolute atomic E-state index is 13.6. The Morgan fingerprint density at radius 1 is 1.12 bits per heavy atom. The van der Waals surface area contributed by atoms with Crippen molar-refractivity contribution in [1.82, 2.24) is 4.90 Å². The number of β-amino-alcohol motifs (C(OH)–C–C–N with tert-alkyl or cyclic N) is 1. The lowest BCUT2D eigenvalue weighted by Gasteiger charge is -2.34. The van der Waals surface area contributed by atoms with Crippen molar-refractivity contribution in [2.45, 2.75) is 29.0 Å². The molecule has 3 N–H and O–H groups in total. The van der Waals surface area contributed by atoms with Gasteiger partial charge >= 0.3 is 0 Å². The average molecular weight is 549 g/mol. The molecule has 3 heterocycles. The summed E-state index contributed by atoms with van der Waals surface area (Å²) in [6.45, 7) is -0.377. The van der Waals surface area contributed by atoms with Gasteiger partial charge in [-0.15, -0.1) is 0 Å². The van der Waals surface area contributed by atoms with Gasteiger partial charge in [0.2, 0.25) is 17.7 Å². The summed E-state index contributed by atoms with van der Waals surface area (Å²) < 4.78 is 6.37. The van der Waals surface area contributed by atoms with Gasteiger partial charge in [0.1, 0.15) is 11.6 Å². The minimum atomic E-state index is -1.20. The summed E-state index contributed by atoms with van der Waals surface area (Å²) in [5.74, 6) is -2.81. The number of nitrogens with one attached hydrogen (secondary N) is 2. The Morgan fingerprint density at radius 2 is 1.82 bits per heavy atom. The highest BCUT2D eigenvalue weighted by Crippen LogP contribution is 2.60. The highest BCUT2D eigenvalue weighted by molar-refractivity contribution is 9.09. The summed E-state index contributed by atoms with van der Waals surface area (Å²) in [6.07, 6.45) is -0.185. The van der Waals surface area contributed by atoms with Crippen LogP contribution in [0.4, 0.5) is 11.4 Å². The number of alkyl halides is 1. The number of fused-ring (bicyclic) bond motifs is 1. The van der Waals surface area contributed by atoms with E-state index in [-0.39, 0.29) is 29.8 Å². The molecule has 8 nitrogen and oxygen atoms in total. The second kappa shape index (κ2) is 8.96. The predicted octanol–water partition coefficient (Wildman–Crippen LogP) is 2.66. The number of anilines is 2. The van der Waals surface area contributed by atoms with Crippen LogP contribution in [0.15, 0.2) is 54.6 Å². The molecule has 3 amide bonds. The fourth-order valence-corrected chi connectivity index (χ4v) is 6.71. The molecule has 0 aliphatic carbocycles. The number of likely N-dealkylation sites (tertiary alicyclic amines) is 1. The van der Waals surface area contributed by atoms with Crippen LogP contribution in [0, 0.1) is 11.8 Å². The number of amides is 3. The Kier molecular flexibility index (Phi) is 6.14. The molecular weight excluding hydrogens is 526 g/mol. The molecule has 6 atom stereocenters. The maximum atomic E-state index is 13.6. The van der Waals surface area contributed by atoms with Crippen LogP contribution in [0.3, 0.4) is 0 Å². The molecule has 5 rings (SSSR count).